The molecule has 2 heterocycles. The Morgan fingerprint density at radius 2 is 1.75 bits per heavy atom. The Bertz CT molecular complexity index is 1250. The number of benzene rings is 2. The summed E-state index contributed by atoms with van der Waals surface area (Å²) in [6.45, 7) is 3.05. The van der Waals surface area contributed by atoms with Gasteiger partial charge in [0.1, 0.15) is 15.5 Å². The highest BCUT2D eigenvalue weighted by molar-refractivity contribution is 7.20. The van der Waals surface area contributed by atoms with Gasteiger partial charge in [-0.1, -0.05) is 48.5 Å². The third-order valence-corrected chi connectivity index (χ3v) is 6.30. The Labute approximate surface area is 190 Å². The van der Waals surface area contributed by atoms with Crippen LogP contribution in [0.5, 0.6) is 5.75 Å². The van der Waals surface area contributed by atoms with Crippen molar-refractivity contribution in [3.8, 4) is 5.75 Å². The molecular weight excluding hydrogens is 424 g/mol. The first-order valence-electron chi connectivity index (χ1n) is 10.5. The van der Waals surface area contributed by atoms with Gasteiger partial charge in [0.25, 0.3) is 5.56 Å². The first kappa shape index (κ1) is 21.8. The van der Waals surface area contributed by atoms with Gasteiger partial charge in [-0.25, -0.2) is 9.78 Å². The average Bonchev–Trinajstić information content (AvgIpc) is 3.16. The maximum Gasteiger partial charge on any atom is 0.348 e. The van der Waals surface area contributed by atoms with Crippen molar-refractivity contribution in [2.75, 3.05) is 13.2 Å². The zero-order valence-electron chi connectivity index (χ0n) is 17.8. The predicted molar refractivity (Wildman–Crippen MR) is 126 cm³/mol. The zero-order chi connectivity index (χ0) is 22.3. The van der Waals surface area contributed by atoms with Gasteiger partial charge in [-0.05, 0) is 36.6 Å². The van der Waals surface area contributed by atoms with Crippen LogP contribution in [0.25, 0.3) is 10.2 Å². The van der Waals surface area contributed by atoms with Crippen LogP contribution in [0.2, 0.25) is 0 Å². The van der Waals surface area contributed by atoms with E-state index in [4.69, 9.17) is 9.47 Å². The molecule has 0 amide bonds. The summed E-state index contributed by atoms with van der Waals surface area (Å²) >= 11 is 1.20. The Balaban J connectivity index is 1.40. The fraction of sp³-hybridized carbons (Fsp3) is 0.240. The number of rotatable bonds is 9. The molecule has 0 saturated heterocycles. The van der Waals surface area contributed by atoms with E-state index in [-0.39, 0.29) is 12.2 Å². The topological polar surface area (TPSA) is 70.4 Å². The van der Waals surface area contributed by atoms with Gasteiger partial charge >= 0.3 is 5.97 Å². The van der Waals surface area contributed by atoms with Gasteiger partial charge in [0, 0.05) is 13.0 Å². The maximum atomic E-state index is 13.0. The number of hydrogen-bond acceptors (Lipinski definition) is 6. The monoisotopic (exact) mass is 448 g/mol. The number of para-hydroxylation sites is 1. The summed E-state index contributed by atoms with van der Waals surface area (Å²) in [6, 6.07) is 19.4. The number of aryl methyl sites for hydroxylation is 2. The lowest BCUT2D eigenvalue weighted by Crippen LogP contribution is -2.21. The van der Waals surface area contributed by atoms with Crippen LogP contribution >= 0.6 is 11.3 Å². The number of aromatic nitrogens is 2. The normalized spacial score (nSPS) is 10.9. The lowest BCUT2D eigenvalue weighted by Gasteiger charge is -2.07. The van der Waals surface area contributed by atoms with E-state index in [9.17, 15) is 9.59 Å². The summed E-state index contributed by atoms with van der Waals surface area (Å²) in [5.74, 6) is 0.390. The Morgan fingerprint density at radius 3 is 2.50 bits per heavy atom. The predicted octanol–water partition coefficient (Wildman–Crippen LogP) is 4.64. The van der Waals surface area contributed by atoms with Crippen molar-refractivity contribution in [3.63, 3.8) is 0 Å². The summed E-state index contributed by atoms with van der Waals surface area (Å²) in [4.78, 5) is 31.0. The molecule has 4 aromatic rings. The smallest absolute Gasteiger partial charge is 0.348 e. The molecule has 6 nitrogen and oxygen atoms in total. The second kappa shape index (κ2) is 10.2. The molecule has 32 heavy (non-hydrogen) atoms. The number of ether oxygens (including phenoxy) is 2. The van der Waals surface area contributed by atoms with E-state index < -0.39 is 5.97 Å². The van der Waals surface area contributed by atoms with E-state index in [1.165, 1.54) is 17.7 Å². The third kappa shape index (κ3) is 5.06. The van der Waals surface area contributed by atoms with Crippen LogP contribution in [0.1, 0.15) is 27.2 Å². The lowest BCUT2D eigenvalue weighted by molar-refractivity contribution is 0.0514. The van der Waals surface area contributed by atoms with Crippen LogP contribution in [0.15, 0.2) is 71.8 Å². The largest absolute Gasteiger partial charge is 0.494 e. The minimum absolute atomic E-state index is 0.146. The molecule has 0 radical (unpaired) electrons. The molecule has 0 aliphatic carbocycles. The Kier molecular flexibility index (Phi) is 6.97. The molecule has 2 aromatic heterocycles. The fourth-order valence-corrected chi connectivity index (χ4v) is 4.46. The number of carbonyl (C=O) groups is 1. The van der Waals surface area contributed by atoms with Crippen LogP contribution < -0.4 is 10.3 Å². The lowest BCUT2D eigenvalue weighted by atomic mass is 10.2. The molecule has 0 aliphatic heterocycles. The molecule has 4 rings (SSSR count). The minimum Gasteiger partial charge on any atom is -0.494 e. The number of carbonyl (C=O) groups excluding carboxylic acids is 1. The van der Waals surface area contributed by atoms with Crippen LogP contribution in [0.4, 0.5) is 0 Å². The van der Waals surface area contributed by atoms with E-state index >= 15 is 0 Å². The van der Waals surface area contributed by atoms with Crippen molar-refractivity contribution >= 4 is 27.5 Å². The van der Waals surface area contributed by atoms with Gasteiger partial charge in [-0.3, -0.25) is 9.36 Å². The molecule has 164 valence electrons. The molecular formula is C25H24N2O4S. The highest BCUT2D eigenvalue weighted by Crippen LogP contribution is 2.27. The molecule has 0 fully saturated rings. The first-order valence-corrected chi connectivity index (χ1v) is 11.3. The molecule has 0 unspecified atom stereocenters. The summed E-state index contributed by atoms with van der Waals surface area (Å²) in [5, 5.41) is 0.483. The van der Waals surface area contributed by atoms with Gasteiger partial charge < -0.3 is 9.47 Å². The van der Waals surface area contributed by atoms with E-state index in [1.807, 2.05) is 60.7 Å². The van der Waals surface area contributed by atoms with Crippen LogP contribution in [0.3, 0.4) is 0 Å². The summed E-state index contributed by atoms with van der Waals surface area (Å²) in [6.07, 6.45) is 2.85. The minimum atomic E-state index is -0.413. The van der Waals surface area contributed by atoms with Crippen molar-refractivity contribution < 1.29 is 14.3 Å². The highest BCUT2D eigenvalue weighted by atomic mass is 32.1. The maximum absolute atomic E-state index is 13.0. The van der Waals surface area contributed by atoms with Crippen LogP contribution in [-0.2, 0) is 17.7 Å². The van der Waals surface area contributed by atoms with E-state index in [0.29, 0.717) is 46.7 Å². The molecule has 7 heteroatoms. The Morgan fingerprint density at radius 1 is 1.03 bits per heavy atom. The first-order chi connectivity index (χ1) is 15.6. The standard InChI is InChI=1S/C25H24N2O4S/c1-18-21-23(32-22(18)25(29)31-16-13-19-9-4-2-5-10-19)26-17-27(24(21)28)14-8-15-30-20-11-6-3-7-12-20/h2-7,9-12,17H,8,13-16H2,1H3. The summed E-state index contributed by atoms with van der Waals surface area (Å²) in [7, 11) is 0. The number of esters is 1. The van der Waals surface area contributed by atoms with Crippen LogP contribution in [0, 0.1) is 6.92 Å². The second-order valence-corrected chi connectivity index (χ2v) is 8.37. The van der Waals surface area contributed by atoms with Gasteiger partial charge in [-0.2, -0.15) is 0 Å². The highest BCUT2D eigenvalue weighted by Gasteiger charge is 2.20. The molecule has 2 aromatic carbocycles. The van der Waals surface area contributed by atoms with Crippen molar-refractivity contribution in [2.45, 2.75) is 26.3 Å². The van der Waals surface area contributed by atoms with E-state index in [1.54, 1.807) is 11.5 Å². The van der Waals surface area contributed by atoms with E-state index in [2.05, 4.69) is 4.98 Å². The van der Waals surface area contributed by atoms with Crippen molar-refractivity contribution in [1.29, 1.82) is 0 Å². The van der Waals surface area contributed by atoms with Crippen molar-refractivity contribution in [3.05, 3.63) is 93.3 Å². The zero-order valence-corrected chi connectivity index (χ0v) is 18.6. The number of hydrogen-bond donors (Lipinski definition) is 0. The number of nitrogens with zero attached hydrogens (tertiary/aromatic N) is 2. The van der Waals surface area contributed by atoms with Gasteiger partial charge in [0.2, 0.25) is 0 Å². The summed E-state index contributed by atoms with van der Waals surface area (Å²) in [5.41, 5.74) is 1.59. The SMILES string of the molecule is Cc1c(C(=O)OCCc2ccccc2)sc2ncn(CCCOc3ccccc3)c(=O)c12. The molecule has 0 atom stereocenters. The second-order valence-electron chi connectivity index (χ2n) is 7.37. The molecule has 0 saturated carbocycles. The molecule has 0 N–H and O–H groups in total. The molecule has 0 spiro atoms. The van der Waals surface area contributed by atoms with Crippen LogP contribution in [-0.4, -0.2) is 28.7 Å². The van der Waals surface area contributed by atoms with Crippen molar-refractivity contribution in [1.82, 2.24) is 9.55 Å². The van der Waals surface area contributed by atoms with Gasteiger partial charge in [-0.15, -0.1) is 11.3 Å². The van der Waals surface area contributed by atoms with Crippen molar-refractivity contribution in [2.24, 2.45) is 0 Å². The Hall–Kier alpha value is -3.45. The summed E-state index contributed by atoms with van der Waals surface area (Å²) < 4.78 is 12.7. The number of thiophene rings is 1. The molecule has 0 bridgehead atoms. The average molecular weight is 449 g/mol. The van der Waals surface area contributed by atoms with Gasteiger partial charge in [0.05, 0.1) is 24.9 Å². The van der Waals surface area contributed by atoms with Gasteiger partial charge in [0.15, 0.2) is 0 Å². The molecule has 0 aliphatic rings. The number of fused-ring (bicyclic) bond motifs is 1. The third-order valence-electron chi connectivity index (χ3n) is 5.12. The van der Waals surface area contributed by atoms with E-state index in [0.717, 1.165) is 11.3 Å². The quantitative estimate of drug-likeness (QED) is 0.276. The fourth-order valence-electron chi connectivity index (χ4n) is 3.43.